The Morgan fingerprint density at radius 3 is 2.52 bits per heavy atom. The molecule has 2 rings (SSSR count). The summed E-state index contributed by atoms with van der Waals surface area (Å²) in [7, 11) is 0. The van der Waals surface area contributed by atoms with Gasteiger partial charge in [0.1, 0.15) is 11.6 Å². The first-order chi connectivity index (χ1) is 10.9. The number of benzene rings is 1. The van der Waals surface area contributed by atoms with Gasteiger partial charge in [-0.05, 0) is 39.7 Å². The fourth-order valence-corrected chi connectivity index (χ4v) is 3.08. The summed E-state index contributed by atoms with van der Waals surface area (Å²) >= 11 is 0. The first kappa shape index (κ1) is 17.7. The van der Waals surface area contributed by atoms with Crippen molar-refractivity contribution in [3.05, 3.63) is 35.4 Å². The lowest BCUT2D eigenvalue weighted by Gasteiger charge is -2.40. The molecule has 0 aromatic heterocycles. The molecule has 0 unspecified atom stereocenters. The molecule has 0 spiro atoms. The van der Waals surface area contributed by atoms with Crippen molar-refractivity contribution < 1.29 is 18.3 Å². The number of ether oxygens (including phenoxy) is 1. The van der Waals surface area contributed by atoms with Crippen molar-refractivity contribution in [2.45, 2.75) is 45.2 Å². The minimum Gasteiger partial charge on any atom is -0.381 e. The SMILES string of the molecule is CCN(C(=O)NC1(c2ccc(F)cc2F)CCOCC1)C(C)C. The van der Waals surface area contributed by atoms with E-state index in [1.54, 1.807) is 4.90 Å². The molecule has 1 fully saturated rings. The Morgan fingerprint density at radius 2 is 2.00 bits per heavy atom. The van der Waals surface area contributed by atoms with Gasteiger partial charge < -0.3 is 15.0 Å². The van der Waals surface area contributed by atoms with Gasteiger partial charge in [-0.3, -0.25) is 0 Å². The number of urea groups is 1. The molecule has 4 nitrogen and oxygen atoms in total. The highest BCUT2D eigenvalue weighted by atomic mass is 19.1. The number of carbonyl (C=O) groups is 1. The van der Waals surface area contributed by atoms with Crippen molar-refractivity contribution in [2.75, 3.05) is 19.8 Å². The predicted molar refractivity (Wildman–Crippen MR) is 84.1 cm³/mol. The predicted octanol–water partition coefficient (Wildman–Crippen LogP) is 3.41. The molecule has 0 radical (unpaired) electrons. The van der Waals surface area contributed by atoms with Crippen LogP contribution in [0.5, 0.6) is 0 Å². The summed E-state index contributed by atoms with van der Waals surface area (Å²) in [6, 6.07) is 3.30. The first-order valence-electron chi connectivity index (χ1n) is 8.01. The number of nitrogens with zero attached hydrogens (tertiary/aromatic N) is 1. The number of rotatable bonds is 4. The average molecular weight is 326 g/mol. The van der Waals surface area contributed by atoms with E-state index in [4.69, 9.17) is 4.74 Å². The number of carbonyl (C=O) groups excluding carboxylic acids is 1. The van der Waals surface area contributed by atoms with Gasteiger partial charge >= 0.3 is 6.03 Å². The highest BCUT2D eigenvalue weighted by Crippen LogP contribution is 2.34. The van der Waals surface area contributed by atoms with Crippen molar-refractivity contribution in [2.24, 2.45) is 0 Å². The van der Waals surface area contributed by atoms with Gasteiger partial charge in [-0.15, -0.1) is 0 Å². The summed E-state index contributed by atoms with van der Waals surface area (Å²) < 4.78 is 32.9. The molecule has 1 aromatic carbocycles. The Bertz CT molecular complexity index is 558. The molecule has 1 saturated heterocycles. The summed E-state index contributed by atoms with van der Waals surface area (Å²) in [6.45, 7) is 7.16. The van der Waals surface area contributed by atoms with Gasteiger partial charge in [0.05, 0.1) is 5.54 Å². The van der Waals surface area contributed by atoms with Crippen molar-refractivity contribution in [3.8, 4) is 0 Å². The van der Waals surface area contributed by atoms with Crippen LogP contribution in [0.3, 0.4) is 0 Å². The van der Waals surface area contributed by atoms with Crippen LogP contribution in [0.1, 0.15) is 39.2 Å². The maximum absolute atomic E-state index is 14.3. The standard InChI is InChI=1S/C17H24F2N2O2/c1-4-21(12(2)3)16(22)20-17(7-9-23-10-8-17)14-6-5-13(18)11-15(14)19/h5-6,11-12H,4,7-10H2,1-3H3,(H,20,22). The van der Waals surface area contributed by atoms with Gasteiger partial charge in [0, 0.05) is 37.4 Å². The lowest BCUT2D eigenvalue weighted by atomic mass is 9.82. The van der Waals surface area contributed by atoms with Gasteiger partial charge in [0.25, 0.3) is 0 Å². The van der Waals surface area contributed by atoms with E-state index in [2.05, 4.69) is 5.32 Å². The minimum absolute atomic E-state index is 0.0370. The number of hydrogen-bond donors (Lipinski definition) is 1. The summed E-state index contributed by atoms with van der Waals surface area (Å²) in [4.78, 5) is 14.3. The molecule has 1 aliphatic rings. The van der Waals surface area contributed by atoms with Crippen LogP contribution in [0, 0.1) is 11.6 Å². The smallest absolute Gasteiger partial charge is 0.318 e. The number of nitrogens with one attached hydrogen (secondary N) is 1. The molecular formula is C17H24F2N2O2. The van der Waals surface area contributed by atoms with E-state index in [0.717, 1.165) is 6.07 Å². The minimum atomic E-state index is -0.866. The molecule has 128 valence electrons. The third kappa shape index (κ3) is 3.80. The van der Waals surface area contributed by atoms with Gasteiger partial charge in [0.2, 0.25) is 0 Å². The summed E-state index contributed by atoms with van der Waals surface area (Å²) in [5.41, 5.74) is -0.551. The Kier molecular flexibility index (Phi) is 5.57. The van der Waals surface area contributed by atoms with E-state index in [-0.39, 0.29) is 12.1 Å². The summed E-state index contributed by atoms with van der Waals surface area (Å²) in [5.74, 6) is -1.27. The molecular weight excluding hydrogens is 302 g/mol. The number of halogens is 2. The Balaban J connectivity index is 2.34. The topological polar surface area (TPSA) is 41.6 Å². The van der Waals surface area contributed by atoms with Crippen LogP contribution in [0.2, 0.25) is 0 Å². The Morgan fingerprint density at radius 1 is 1.35 bits per heavy atom. The van der Waals surface area contributed by atoms with E-state index in [1.807, 2.05) is 20.8 Å². The van der Waals surface area contributed by atoms with Crippen LogP contribution in [0.25, 0.3) is 0 Å². The van der Waals surface area contributed by atoms with Crippen molar-refractivity contribution in [1.29, 1.82) is 0 Å². The van der Waals surface area contributed by atoms with E-state index in [9.17, 15) is 13.6 Å². The highest BCUT2D eigenvalue weighted by molar-refractivity contribution is 5.75. The van der Waals surface area contributed by atoms with Crippen LogP contribution in [0.4, 0.5) is 13.6 Å². The first-order valence-corrected chi connectivity index (χ1v) is 8.01. The molecule has 0 aliphatic carbocycles. The molecule has 1 heterocycles. The van der Waals surface area contributed by atoms with Crippen LogP contribution < -0.4 is 5.32 Å². The van der Waals surface area contributed by atoms with E-state index in [0.29, 0.717) is 38.2 Å². The fourth-order valence-electron chi connectivity index (χ4n) is 3.08. The Hall–Kier alpha value is -1.69. The zero-order valence-electron chi connectivity index (χ0n) is 13.9. The second kappa shape index (κ2) is 7.25. The third-order valence-corrected chi connectivity index (χ3v) is 4.36. The normalized spacial score (nSPS) is 17.1. The molecule has 23 heavy (non-hydrogen) atoms. The van der Waals surface area contributed by atoms with Gasteiger partial charge in [-0.2, -0.15) is 0 Å². The van der Waals surface area contributed by atoms with Crippen molar-refractivity contribution in [1.82, 2.24) is 10.2 Å². The van der Waals surface area contributed by atoms with Crippen molar-refractivity contribution >= 4 is 6.03 Å². The molecule has 2 amide bonds. The molecule has 0 bridgehead atoms. The molecule has 1 N–H and O–H groups in total. The lowest BCUT2D eigenvalue weighted by molar-refractivity contribution is 0.0365. The monoisotopic (exact) mass is 326 g/mol. The molecule has 6 heteroatoms. The third-order valence-electron chi connectivity index (χ3n) is 4.36. The molecule has 1 aliphatic heterocycles. The fraction of sp³-hybridized carbons (Fsp3) is 0.588. The second-order valence-corrected chi connectivity index (χ2v) is 6.13. The average Bonchev–Trinajstić information content (AvgIpc) is 2.48. The summed E-state index contributed by atoms with van der Waals surface area (Å²) in [6.07, 6.45) is 0.911. The number of amides is 2. The summed E-state index contributed by atoms with van der Waals surface area (Å²) in [5, 5.41) is 2.99. The maximum Gasteiger partial charge on any atom is 0.318 e. The zero-order valence-corrected chi connectivity index (χ0v) is 13.9. The van der Waals surface area contributed by atoms with Crippen LogP contribution in [0.15, 0.2) is 18.2 Å². The van der Waals surface area contributed by atoms with Gasteiger partial charge in [0.15, 0.2) is 0 Å². The second-order valence-electron chi connectivity index (χ2n) is 6.13. The quantitative estimate of drug-likeness (QED) is 0.921. The zero-order chi connectivity index (χ0) is 17.0. The lowest BCUT2D eigenvalue weighted by Crippen LogP contribution is -2.55. The van der Waals surface area contributed by atoms with Gasteiger partial charge in [-0.25, -0.2) is 13.6 Å². The van der Waals surface area contributed by atoms with E-state index >= 15 is 0 Å². The molecule has 0 atom stereocenters. The van der Waals surface area contributed by atoms with Crippen molar-refractivity contribution in [3.63, 3.8) is 0 Å². The Labute approximate surface area is 135 Å². The highest BCUT2D eigenvalue weighted by Gasteiger charge is 2.39. The number of hydrogen-bond acceptors (Lipinski definition) is 2. The molecule has 0 saturated carbocycles. The maximum atomic E-state index is 14.3. The van der Waals surface area contributed by atoms with Crippen LogP contribution in [-0.2, 0) is 10.3 Å². The van der Waals surface area contributed by atoms with Crippen LogP contribution >= 0.6 is 0 Å². The molecule has 1 aromatic rings. The van der Waals surface area contributed by atoms with E-state index in [1.165, 1.54) is 12.1 Å². The largest absolute Gasteiger partial charge is 0.381 e. The van der Waals surface area contributed by atoms with Crippen LogP contribution in [-0.4, -0.2) is 36.7 Å². The van der Waals surface area contributed by atoms with E-state index < -0.39 is 17.2 Å². The van der Waals surface area contributed by atoms with Gasteiger partial charge in [-0.1, -0.05) is 6.07 Å².